The van der Waals surface area contributed by atoms with Gasteiger partial charge in [0.25, 0.3) is 0 Å². The van der Waals surface area contributed by atoms with Gasteiger partial charge < -0.3 is 0 Å². The molecule has 0 saturated heterocycles. The lowest BCUT2D eigenvalue weighted by Crippen LogP contribution is -2.11. The summed E-state index contributed by atoms with van der Waals surface area (Å²) in [6.45, 7) is 0. The Morgan fingerprint density at radius 3 is 2.07 bits per heavy atom. The van der Waals surface area contributed by atoms with E-state index in [1.165, 1.54) is 36.7 Å². The fraction of sp³-hybridized carbons (Fsp3) is 0.100. The number of pyridine rings is 1. The summed E-state index contributed by atoms with van der Waals surface area (Å²) in [6, 6.07) is 13.0. The maximum Gasteiger partial charge on any atom is 0.193 e. The molecule has 0 unspecified atom stereocenters. The van der Waals surface area contributed by atoms with E-state index < -0.39 is 25.4 Å². The molecule has 0 fully saturated rings. The number of rotatable bonds is 6. The van der Waals surface area contributed by atoms with E-state index in [1.54, 1.807) is 30.3 Å². The van der Waals surface area contributed by atoms with Crippen LogP contribution >= 0.6 is 15.9 Å². The summed E-state index contributed by atoms with van der Waals surface area (Å²) in [5.41, 5.74) is 1.01. The number of benzene rings is 2. The molecule has 1 heterocycles. The lowest BCUT2D eigenvalue weighted by atomic mass is 10.00. The highest BCUT2D eigenvalue weighted by Crippen LogP contribution is 2.25. The van der Waals surface area contributed by atoms with Crippen molar-refractivity contribution in [1.82, 2.24) is 4.98 Å². The van der Waals surface area contributed by atoms with Crippen molar-refractivity contribution in [3.8, 4) is 0 Å². The minimum atomic E-state index is -3.80. The van der Waals surface area contributed by atoms with Crippen LogP contribution in [0.3, 0.4) is 0 Å². The Bertz CT molecular complexity index is 1270. The van der Waals surface area contributed by atoms with Gasteiger partial charge in [-0.3, -0.25) is 9.78 Å². The number of hydrogen-bond acceptors (Lipinski definition) is 6. The molecule has 0 aliphatic carbocycles. The first-order chi connectivity index (χ1) is 13.6. The van der Waals surface area contributed by atoms with E-state index in [4.69, 9.17) is 0 Å². The quantitative estimate of drug-likeness (QED) is 0.487. The molecule has 0 radical (unpaired) electrons. The molecule has 6 nitrogen and oxygen atoms in total. The molecule has 0 atom stereocenters. The first-order valence-electron chi connectivity index (χ1n) is 8.34. The molecule has 1 aromatic heterocycles. The van der Waals surface area contributed by atoms with Crippen LogP contribution < -0.4 is 0 Å². The molecule has 0 amide bonds. The van der Waals surface area contributed by atoms with Gasteiger partial charge >= 0.3 is 0 Å². The van der Waals surface area contributed by atoms with Gasteiger partial charge in [0, 0.05) is 34.2 Å². The van der Waals surface area contributed by atoms with Crippen molar-refractivity contribution in [2.75, 3.05) is 6.26 Å². The number of hydrogen-bond donors (Lipinski definition) is 0. The summed E-state index contributed by atoms with van der Waals surface area (Å²) in [7, 11) is -7.23. The van der Waals surface area contributed by atoms with Crippen molar-refractivity contribution in [1.29, 1.82) is 0 Å². The van der Waals surface area contributed by atoms with Gasteiger partial charge in [0.1, 0.15) is 0 Å². The fourth-order valence-electron chi connectivity index (χ4n) is 2.73. The first kappa shape index (κ1) is 21.4. The van der Waals surface area contributed by atoms with Crippen LogP contribution in [0.1, 0.15) is 21.5 Å². The Balaban J connectivity index is 1.98. The van der Waals surface area contributed by atoms with E-state index in [2.05, 4.69) is 20.9 Å². The standard InChI is InChI=1S/C20H16BrNO5S2/c1-28(24,25)17-4-6-18(7-5-17)29(26,27)13-15-2-3-16(21)12-19(15)20(23)14-8-10-22-11-9-14/h2-12H,13H2,1H3. The maximum atomic E-state index is 12.9. The molecule has 3 aromatic rings. The average molecular weight is 494 g/mol. The summed E-state index contributed by atoms with van der Waals surface area (Å²) in [5.74, 6) is -0.712. The SMILES string of the molecule is CS(=O)(=O)c1ccc(S(=O)(=O)Cc2ccc(Br)cc2C(=O)c2ccncc2)cc1. The highest BCUT2D eigenvalue weighted by Gasteiger charge is 2.21. The third-order valence-electron chi connectivity index (χ3n) is 4.22. The van der Waals surface area contributed by atoms with Gasteiger partial charge in [-0.2, -0.15) is 0 Å². The van der Waals surface area contributed by atoms with Crippen molar-refractivity contribution in [2.24, 2.45) is 0 Å². The molecular weight excluding hydrogens is 478 g/mol. The number of halogens is 1. The van der Waals surface area contributed by atoms with Gasteiger partial charge in [0.05, 0.1) is 15.5 Å². The van der Waals surface area contributed by atoms with Gasteiger partial charge in [-0.1, -0.05) is 22.0 Å². The molecule has 0 bridgehead atoms. The zero-order chi connectivity index (χ0) is 21.2. The number of carbonyl (C=O) groups excluding carboxylic acids is 1. The molecule has 3 rings (SSSR count). The number of sulfone groups is 2. The second kappa shape index (κ2) is 8.17. The average Bonchev–Trinajstić information content (AvgIpc) is 2.69. The Morgan fingerprint density at radius 2 is 1.48 bits per heavy atom. The predicted molar refractivity (Wildman–Crippen MR) is 112 cm³/mol. The van der Waals surface area contributed by atoms with E-state index in [-0.39, 0.29) is 21.1 Å². The second-order valence-corrected chi connectivity index (χ2v) is 11.3. The highest BCUT2D eigenvalue weighted by atomic mass is 79.9. The molecule has 29 heavy (non-hydrogen) atoms. The second-order valence-electron chi connectivity index (χ2n) is 6.37. The summed E-state index contributed by atoms with van der Waals surface area (Å²) >= 11 is 3.32. The molecule has 0 N–H and O–H groups in total. The van der Waals surface area contributed by atoms with Crippen LogP contribution in [0.15, 0.2) is 81.3 Å². The van der Waals surface area contributed by atoms with E-state index in [1.807, 2.05) is 0 Å². The van der Waals surface area contributed by atoms with Crippen LogP contribution in [0.25, 0.3) is 0 Å². The zero-order valence-electron chi connectivity index (χ0n) is 15.2. The molecule has 0 aliphatic heterocycles. The van der Waals surface area contributed by atoms with Gasteiger partial charge in [-0.15, -0.1) is 0 Å². The lowest BCUT2D eigenvalue weighted by molar-refractivity contribution is 0.103. The third-order valence-corrected chi connectivity index (χ3v) is 7.52. The molecular formula is C20H16BrNO5S2. The maximum absolute atomic E-state index is 12.9. The Kier molecular flexibility index (Phi) is 6.02. The minimum Gasteiger partial charge on any atom is -0.289 e. The van der Waals surface area contributed by atoms with Crippen LogP contribution in [0.2, 0.25) is 0 Å². The molecule has 9 heteroatoms. The number of carbonyl (C=O) groups is 1. The predicted octanol–water partition coefficient (Wildman–Crippen LogP) is 3.45. The van der Waals surface area contributed by atoms with Crippen LogP contribution in [0, 0.1) is 0 Å². The first-order valence-corrected chi connectivity index (χ1v) is 12.7. The van der Waals surface area contributed by atoms with Gasteiger partial charge in [-0.25, -0.2) is 16.8 Å². The Hall–Kier alpha value is -2.36. The van der Waals surface area contributed by atoms with E-state index in [0.717, 1.165) is 6.26 Å². The van der Waals surface area contributed by atoms with Crippen molar-refractivity contribution in [3.05, 3.63) is 88.2 Å². The summed E-state index contributed by atoms with van der Waals surface area (Å²) in [4.78, 5) is 16.8. The van der Waals surface area contributed by atoms with Crippen LogP contribution in [0.5, 0.6) is 0 Å². The topological polar surface area (TPSA) is 98.2 Å². The van der Waals surface area contributed by atoms with Gasteiger partial charge in [0.2, 0.25) is 0 Å². The van der Waals surface area contributed by atoms with Crippen molar-refractivity contribution < 1.29 is 21.6 Å². The largest absolute Gasteiger partial charge is 0.289 e. The summed E-state index contributed by atoms with van der Waals surface area (Å²) in [6.07, 6.45) is 4.03. The Morgan fingerprint density at radius 1 is 0.897 bits per heavy atom. The van der Waals surface area contributed by atoms with E-state index >= 15 is 0 Å². The number of nitrogens with zero attached hydrogens (tertiary/aromatic N) is 1. The molecule has 0 saturated carbocycles. The minimum absolute atomic E-state index is 0.0184. The van der Waals surface area contributed by atoms with Crippen LogP contribution in [-0.4, -0.2) is 33.9 Å². The lowest BCUT2D eigenvalue weighted by Gasteiger charge is -2.11. The fourth-order valence-corrected chi connectivity index (χ4v) is 5.10. The smallest absolute Gasteiger partial charge is 0.193 e. The van der Waals surface area contributed by atoms with Crippen LogP contribution in [0.4, 0.5) is 0 Å². The zero-order valence-corrected chi connectivity index (χ0v) is 18.5. The number of ketones is 1. The third kappa shape index (κ3) is 4.98. The molecule has 0 spiro atoms. The number of aromatic nitrogens is 1. The summed E-state index contributed by atoms with van der Waals surface area (Å²) < 4.78 is 49.6. The van der Waals surface area contributed by atoms with Gasteiger partial charge in [-0.05, 0) is 54.1 Å². The normalized spacial score (nSPS) is 11.9. The van der Waals surface area contributed by atoms with Crippen molar-refractivity contribution in [2.45, 2.75) is 15.5 Å². The van der Waals surface area contributed by atoms with Crippen molar-refractivity contribution in [3.63, 3.8) is 0 Å². The summed E-state index contributed by atoms with van der Waals surface area (Å²) in [5, 5.41) is 0. The van der Waals surface area contributed by atoms with Gasteiger partial charge in [0.15, 0.2) is 25.5 Å². The Labute approximate surface area is 177 Å². The molecule has 0 aliphatic rings. The van der Waals surface area contributed by atoms with E-state index in [0.29, 0.717) is 15.6 Å². The van der Waals surface area contributed by atoms with E-state index in [9.17, 15) is 21.6 Å². The molecule has 2 aromatic carbocycles. The highest BCUT2D eigenvalue weighted by molar-refractivity contribution is 9.10. The molecule has 150 valence electrons. The monoisotopic (exact) mass is 493 g/mol. The van der Waals surface area contributed by atoms with Crippen LogP contribution in [-0.2, 0) is 25.4 Å². The van der Waals surface area contributed by atoms with Crippen molar-refractivity contribution >= 4 is 41.4 Å².